The molecule has 220 valence electrons. The fraction of sp³-hybridized carbons (Fsp3) is 0.186. The lowest BCUT2D eigenvalue weighted by atomic mass is 9.51. The van der Waals surface area contributed by atoms with Gasteiger partial charge in [-0.1, -0.05) is 147 Å². The van der Waals surface area contributed by atoms with E-state index < -0.39 is 11.5 Å². The second-order valence-corrected chi connectivity index (χ2v) is 12.8. The molecule has 1 aliphatic heterocycles. The number of hydrogen-bond donors (Lipinski definition) is 0. The van der Waals surface area contributed by atoms with Crippen molar-refractivity contribution in [3.63, 3.8) is 0 Å². The molecule has 3 aliphatic rings. The largest absolute Gasteiger partial charge is 0.330 e. The number of fused-ring (bicyclic) bond motifs is 3. The van der Waals surface area contributed by atoms with Crippen LogP contribution in [0.5, 0.6) is 0 Å². The minimum absolute atomic E-state index is 0.174. The monoisotopic (exact) mass is 583 g/mol. The molecule has 1 fully saturated rings. The summed E-state index contributed by atoms with van der Waals surface area (Å²) in [5.74, 6) is -0.270. The molecule has 0 radical (unpaired) electrons. The summed E-state index contributed by atoms with van der Waals surface area (Å²) in [4.78, 5) is 18.0. The van der Waals surface area contributed by atoms with E-state index in [1.54, 1.807) is 0 Å². The van der Waals surface area contributed by atoms with E-state index in [1.807, 2.05) is 30.3 Å². The normalized spacial score (nSPS) is 21.7. The molecule has 8 rings (SSSR count). The number of rotatable bonds is 5. The zero-order chi connectivity index (χ0) is 30.3. The van der Waals surface area contributed by atoms with Gasteiger partial charge in [0.05, 0.1) is 11.5 Å². The Morgan fingerprint density at radius 2 is 1.16 bits per heavy atom. The lowest BCUT2D eigenvalue weighted by Crippen LogP contribution is -2.63. The number of anilines is 2. The number of allylic oxidation sites excluding steroid dienone is 2. The van der Waals surface area contributed by atoms with Gasteiger partial charge in [0.25, 0.3) is 0 Å². The van der Waals surface area contributed by atoms with Gasteiger partial charge in [-0.05, 0) is 71.0 Å². The molecule has 1 heterocycles. The molecule has 0 saturated heterocycles. The van der Waals surface area contributed by atoms with E-state index in [2.05, 4.69) is 132 Å². The Bertz CT molecular complexity index is 1890. The van der Waals surface area contributed by atoms with E-state index in [1.165, 1.54) is 28.8 Å². The number of carbonyl (C=O) groups excluding carboxylic acids is 1. The van der Waals surface area contributed by atoms with E-state index in [4.69, 9.17) is 0 Å². The molecule has 0 bridgehead atoms. The van der Waals surface area contributed by atoms with Crippen LogP contribution in [0.15, 0.2) is 158 Å². The smallest absolute Gasteiger partial charge is 0.173 e. The number of Topliss-reactive ketones (excluding diaryl/α,β-unsaturated/α-hetero) is 1. The first-order valence-corrected chi connectivity index (χ1v) is 16.3. The number of para-hydroxylation sites is 2. The molecule has 45 heavy (non-hydrogen) atoms. The number of nitrogens with zero attached hydrogens (tertiary/aromatic N) is 1. The van der Waals surface area contributed by atoms with Crippen molar-refractivity contribution < 1.29 is 4.79 Å². The van der Waals surface area contributed by atoms with Gasteiger partial charge < -0.3 is 4.90 Å². The second kappa shape index (κ2) is 11.2. The van der Waals surface area contributed by atoms with Crippen molar-refractivity contribution in [3.05, 3.63) is 180 Å². The van der Waals surface area contributed by atoms with Gasteiger partial charge in [-0.3, -0.25) is 4.79 Å². The van der Waals surface area contributed by atoms with Crippen LogP contribution in [0.3, 0.4) is 0 Å². The van der Waals surface area contributed by atoms with Crippen LogP contribution < -0.4 is 4.90 Å². The molecule has 0 amide bonds. The minimum Gasteiger partial charge on any atom is -0.330 e. The van der Waals surface area contributed by atoms with Gasteiger partial charge >= 0.3 is 0 Å². The molecule has 2 spiro atoms. The molecule has 0 unspecified atom stereocenters. The molecule has 2 aliphatic carbocycles. The van der Waals surface area contributed by atoms with Crippen molar-refractivity contribution >= 4 is 28.3 Å². The van der Waals surface area contributed by atoms with Crippen molar-refractivity contribution in [1.82, 2.24) is 0 Å². The van der Waals surface area contributed by atoms with Crippen molar-refractivity contribution in [2.75, 3.05) is 4.90 Å². The maximum atomic E-state index is 15.4. The van der Waals surface area contributed by atoms with Crippen LogP contribution in [0, 0.1) is 5.92 Å². The minimum atomic E-state index is -0.684. The highest BCUT2D eigenvalue weighted by molar-refractivity contribution is 6.10. The first-order valence-electron chi connectivity index (χ1n) is 16.3. The van der Waals surface area contributed by atoms with E-state index in [0.29, 0.717) is 0 Å². The Morgan fingerprint density at radius 3 is 1.82 bits per heavy atom. The topological polar surface area (TPSA) is 20.3 Å². The van der Waals surface area contributed by atoms with Crippen LogP contribution in [-0.4, -0.2) is 11.3 Å². The molecule has 1 saturated carbocycles. The Hall–Kier alpha value is -4.95. The van der Waals surface area contributed by atoms with Crippen LogP contribution in [0.1, 0.15) is 59.2 Å². The molecule has 5 aromatic rings. The summed E-state index contributed by atoms with van der Waals surface area (Å²) in [6.07, 6.45) is 10.4. The highest BCUT2D eigenvalue weighted by atomic mass is 16.1. The predicted octanol–water partition coefficient (Wildman–Crippen LogP) is 10.5. The van der Waals surface area contributed by atoms with Gasteiger partial charge in [-0.15, -0.1) is 0 Å². The fourth-order valence-corrected chi connectivity index (χ4v) is 8.70. The second-order valence-electron chi connectivity index (χ2n) is 12.8. The van der Waals surface area contributed by atoms with E-state index in [-0.39, 0.29) is 11.2 Å². The lowest BCUT2D eigenvalue weighted by molar-refractivity contribution is 0.0847. The van der Waals surface area contributed by atoms with Gasteiger partial charge in [0.2, 0.25) is 0 Å². The molecule has 2 atom stereocenters. The van der Waals surface area contributed by atoms with Crippen LogP contribution in [0.2, 0.25) is 0 Å². The third kappa shape index (κ3) is 4.27. The summed E-state index contributed by atoms with van der Waals surface area (Å²) >= 11 is 0. The summed E-state index contributed by atoms with van der Waals surface area (Å²) in [7, 11) is 0. The van der Waals surface area contributed by atoms with Crippen LogP contribution >= 0.6 is 0 Å². The summed E-state index contributed by atoms with van der Waals surface area (Å²) in [6.45, 7) is 0. The molecule has 0 N–H and O–H groups in total. The standard InChI is InChI=1S/C43H37NO/c45-41(34-22-10-3-11-23-34)40-37(33-20-8-2-9-21-33)30-35(32-18-6-1-7-19-32)31-43(40)42(28-16-5-17-29-42)38-26-14-15-27-39(38)44(43)36-24-12-4-13-25-36/h1-4,6-15,18-27,30-31,40H,5,16-17,28-29H2/t40-,43-/m0/s1. The number of ketones is 1. The van der Waals surface area contributed by atoms with Gasteiger partial charge in [-0.25, -0.2) is 0 Å². The van der Waals surface area contributed by atoms with E-state index in [9.17, 15) is 0 Å². The predicted molar refractivity (Wildman–Crippen MR) is 186 cm³/mol. The Morgan fingerprint density at radius 1 is 0.600 bits per heavy atom. The van der Waals surface area contributed by atoms with Gasteiger partial charge in [0, 0.05) is 22.4 Å². The molecular formula is C43H37NO. The Kier molecular flexibility index (Phi) is 6.87. The van der Waals surface area contributed by atoms with Crippen molar-refractivity contribution in [2.45, 2.75) is 43.1 Å². The average molecular weight is 584 g/mol. The SMILES string of the molecule is O=C(c1ccccc1)[C@@H]1C(c2ccccc2)=CC(c2ccccc2)=C[C@]12N(c1ccccc1)c1ccccc1C21CCCCC1. The quantitative estimate of drug-likeness (QED) is 0.192. The molecule has 0 aromatic heterocycles. The highest BCUT2D eigenvalue weighted by Crippen LogP contribution is 2.67. The maximum Gasteiger partial charge on any atom is 0.173 e. The summed E-state index contributed by atoms with van der Waals surface area (Å²) in [5.41, 5.74) is 8.05. The summed E-state index contributed by atoms with van der Waals surface area (Å²) in [6, 6.07) is 51.1. The van der Waals surface area contributed by atoms with Crippen LogP contribution in [-0.2, 0) is 5.41 Å². The first kappa shape index (κ1) is 27.6. The molecule has 2 nitrogen and oxygen atoms in total. The summed E-state index contributed by atoms with van der Waals surface area (Å²) in [5, 5.41) is 0. The van der Waals surface area contributed by atoms with E-state index >= 15 is 4.79 Å². The van der Waals surface area contributed by atoms with Gasteiger partial charge in [-0.2, -0.15) is 0 Å². The molecule has 5 aromatic carbocycles. The van der Waals surface area contributed by atoms with E-state index in [0.717, 1.165) is 48.1 Å². The number of benzene rings is 5. The fourth-order valence-electron chi connectivity index (χ4n) is 8.70. The molecule has 2 heteroatoms. The maximum absolute atomic E-state index is 15.4. The Balaban J connectivity index is 1.53. The number of carbonyl (C=O) groups is 1. The highest BCUT2D eigenvalue weighted by Gasteiger charge is 2.67. The van der Waals surface area contributed by atoms with Crippen LogP contribution in [0.25, 0.3) is 11.1 Å². The van der Waals surface area contributed by atoms with Crippen molar-refractivity contribution in [2.24, 2.45) is 5.92 Å². The summed E-state index contributed by atoms with van der Waals surface area (Å²) < 4.78 is 0. The first-order chi connectivity index (χ1) is 22.2. The Labute approximate surface area is 266 Å². The zero-order valence-corrected chi connectivity index (χ0v) is 25.5. The zero-order valence-electron chi connectivity index (χ0n) is 25.5. The molecular weight excluding hydrogens is 546 g/mol. The van der Waals surface area contributed by atoms with Crippen molar-refractivity contribution in [3.8, 4) is 0 Å². The lowest BCUT2D eigenvalue weighted by Gasteiger charge is -2.56. The number of hydrogen-bond acceptors (Lipinski definition) is 2. The van der Waals surface area contributed by atoms with Gasteiger partial charge in [0.15, 0.2) is 5.78 Å². The third-order valence-electron chi connectivity index (χ3n) is 10.5. The van der Waals surface area contributed by atoms with Crippen molar-refractivity contribution in [1.29, 1.82) is 0 Å². The average Bonchev–Trinajstić information content (AvgIpc) is 3.34. The third-order valence-corrected chi connectivity index (χ3v) is 10.5. The van der Waals surface area contributed by atoms with Crippen LogP contribution in [0.4, 0.5) is 11.4 Å². The van der Waals surface area contributed by atoms with Gasteiger partial charge in [0.1, 0.15) is 0 Å².